The van der Waals surface area contributed by atoms with Gasteiger partial charge in [-0.2, -0.15) is 0 Å². The van der Waals surface area contributed by atoms with Crippen LogP contribution in [0.5, 0.6) is 0 Å². The lowest BCUT2D eigenvalue weighted by atomic mass is 9.79. The molecule has 0 atom stereocenters. The smallest absolute Gasteiger partial charge is 0.235 e. The topological polar surface area (TPSA) is 46.3 Å². The maximum Gasteiger partial charge on any atom is 0.235 e. The Bertz CT molecular complexity index is 283. The molecule has 0 aromatic rings. The lowest BCUT2D eigenvalue weighted by Gasteiger charge is -2.40. The number of carbonyl (C=O) groups excluding carboxylic acids is 1. The maximum atomic E-state index is 12.5. The molecular formula is C12H22N2OS. The van der Waals surface area contributed by atoms with E-state index in [-0.39, 0.29) is 5.91 Å². The second-order valence-corrected chi connectivity index (χ2v) is 5.09. The molecule has 1 saturated carbocycles. The molecule has 1 aliphatic carbocycles. The average Bonchev–Trinajstić information content (AvgIpc) is 2.17. The van der Waals surface area contributed by atoms with Crippen molar-refractivity contribution in [2.45, 2.75) is 52.0 Å². The predicted octanol–water partition coefficient (Wildman–Crippen LogP) is 2.09. The highest BCUT2D eigenvalue weighted by molar-refractivity contribution is 7.80. The van der Waals surface area contributed by atoms with E-state index in [0.29, 0.717) is 23.9 Å². The first-order valence-electron chi connectivity index (χ1n) is 6.06. The van der Waals surface area contributed by atoms with Crippen LogP contribution in [-0.4, -0.2) is 28.9 Å². The van der Waals surface area contributed by atoms with Gasteiger partial charge in [0.1, 0.15) is 0 Å². The van der Waals surface area contributed by atoms with Crippen molar-refractivity contribution in [3.63, 3.8) is 0 Å². The predicted molar refractivity (Wildman–Crippen MR) is 70.2 cm³/mol. The summed E-state index contributed by atoms with van der Waals surface area (Å²) < 4.78 is 0. The summed E-state index contributed by atoms with van der Waals surface area (Å²) in [4.78, 5) is 14.7. The monoisotopic (exact) mass is 242 g/mol. The summed E-state index contributed by atoms with van der Waals surface area (Å²) >= 11 is 5.09. The van der Waals surface area contributed by atoms with Gasteiger partial charge in [0.2, 0.25) is 5.91 Å². The average molecular weight is 242 g/mol. The molecule has 3 nitrogen and oxygen atoms in total. The van der Waals surface area contributed by atoms with Gasteiger partial charge in [-0.25, -0.2) is 0 Å². The lowest BCUT2D eigenvalue weighted by Crippen LogP contribution is -2.53. The van der Waals surface area contributed by atoms with Gasteiger partial charge in [-0.15, -0.1) is 0 Å². The van der Waals surface area contributed by atoms with Crippen molar-refractivity contribution >= 4 is 23.1 Å². The summed E-state index contributed by atoms with van der Waals surface area (Å²) in [5, 5.41) is 0. The first-order valence-corrected chi connectivity index (χ1v) is 6.47. The van der Waals surface area contributed by atoms with Crippen molar-refractivity contribution in [1.82, 2.24) is 4.90 Å². The zero-order chi connectivity index (χ0) is 12.3. The molecule has 0 aromatic heterocycles. The molecule has 0 saturated heterocycles. The van der Waals surface area contributed by atoms with Crippen LogP contribution < -0.4 is 5.73 Å². The van der Waals surface area contributed by atoms with Crippen molar-refractivity contribution in [3.05, 3.63) is 0 Å². The van der Waals surface area contributed by atoms with Crippen molar-refractivity contribution in [1.29, 1.82) is 0 Å². The fourth-order valence-corrected chi connectivity index (χ4v) is 2.66. The summed E-state index contributed by atoms with van der Waals surface area (Å²) in [7, 11) is 1.88. The van der Waals surface area contributed by atoms with Crippen LogP contribution >= 0.6 is 12.2 Å². The molecule has 16 heavy (non-hydrogen) atoms. The van der Waals surface area contributed by atoms with Gasteiger partial charge >= 0.3 is 0 Å². The SMILES string of the molecule is CCC(CC)(C(=O)N(C)C1CCC1)C(N)=S. The molecule has 0 unspecified atom stereocenters. The molecule has 1 aliphatic rings. The summed E-state index contributed by atoms with van der Waals surface area (Å²) in [6, 6.07) is 0.402. The highest BCUT2D eigenvalue weighted by Gasteiger charge is 2.42. The van der Waals surface area contributed by atoms with Gasteiger partial charge in [-0.1, -0.05) is 26.1 Å². The number of rotatable bonds is 5. The molecule has 0 aromatic carbocycles. The fraction of sp³-hybridized carbons (Fsp3) is 0.833. The van der Waals surface area contributed by atoms with E-state index in [1.165, 1.54) is 6.42 Å². The van der Waals surface area contributed by atoms with Gasteiger partial charge < -0.3 is 10.6 Å². The Morgan fingerprint density at radius 3 is 2.19 bits per heavy atom. The summed E-state index contributed by atoms with van der Waals surface area (Å²) in [5.41, 5.74) is 5.15. The molecular weight excluding hydrogens is 220 g/mol. The number of hydrogen-bond acceptors (Lipinski definition) is 2. The molecule has 0 radical (unpaired) electrons. The number of nitrogens with two attached hydrogens (primary N) is 1. The van der Waals surface area contributed by atoms with Gasteiger partial charge in [0.15, 0.2) is 0 Å². The van der Waals surface area contributed by atoms with Gasteiger partial charge in [0, 0.05) is 13.1 Å². The molecule has 4 heteroatoms. The molecule has 1 rings (SSSR count). The maximum absolute atomic E-state index is 12.5. The Hall–Kier alpha value is -0.640. The van der Waals surface area contributed by atoms with E-state index in [1.54, 1.807) is 0 Å². The van der Waals surface area contributed by atoms with E-state index in [2.05, 4.69) is 0 Å². The Morgan fingerprint density at radius 2 is 1.94 bits per heavy atom. The minimum atomic E-state index is -0.625. The van der Waals surface area contributed by atoms with Crippen molar-refractivity contribution < 1.29 is 4.79 Å². The van der Waals surface area contributed by atoms with Crippen LogP contribution in [0.25, 0.3) is 0 Å². The second-order valence-electron chi connectivity index (χ2n) is 4.65. The third-order valence-corrected chi connectivity index (χ3v) is 4.42. The molecule has 92 valence electrons. The minimum Gasteiger partial charge on any atom is -0.392 e. The summed E-state index contributed by atoms with van der Waals surface area (Å²) in [6.45, 7) is 3.96. The van der Waals surface area contributed by atoms with Gasteiger partial charge in [0.05, 0.1) is 10.4 Å². The van der Waals surface area contributed by atoms with Crippen LogP contribution in [0.3, 0.4) is 0 Å². The van der Waals surface area contributed by atoms with Crippen LogP contribution in [0.15, 0.2) is 0 Å². The van der Waals surface area contributed by atoms with E-state index >= 15 is 0 Å². The third kappa shape index (κ3) is 2.08. The van der Waals surface area contributed by atoms with Crippen molar-refractivity contribution in [2.75, 3.05) is 7.05 Å². The van der Waals surface area contributed by atoms with Crippen molar-refractivity contribution in [3.8, 4) is 0 Å². The second kappa shape index (κ2) is 5.13. The molecule has 0 bridgehead atoms. The fourth-order valence-electron chi connectivity index (χ4n) is 2.28. The first kappa shape index (κ1) is 13.4. The zero-order valence-corrected chi connectivity index (χ0v) is 11.3. The molecule has 0 spiro atoms. The van der Waals surface area contributed by atoms with Crippen molar-refractivity contribution in [2.24, 2.45) is 11.1 Å². The van der Waals surface area contributed by atoms with Crippen LogP contribution in [0.1, 0.15) is 46.0 Å². The number of nitrogens with zero attached hydrogens (tertiary/aromatic N) is 1. The normalized spacial score (nSPS) is 16.7. The molecule has 0 aliphatic heterocycles. The number of carbonyl (C=O) groups is 1. The van der Waals surface area contributed by atoms with Crippen LogP contribution in [-0.2, 0) is 4.79 Å². The van der Waals surface area contributed by atoms with E-state index in [0.717, 1.165) is 12.8 Å². The summed E-state index contributed by atoms with van der Waals surface area (Å²) in [6.07, 6.45) is 4.83. The summed E-state index contributed by atoms with van der Waals surface area (Å²) in [5.74, 6) is 0.106. The largest absolute Gasteiger partial charge is 0.392 e. The van der Waals surface area contributed by atoms with E-state index in [1.807, 2.05) is 25.8 Å². The van der Waals surface area contributed by atoms with Crippen LogP contribution in [0.4, 0.5) is 0 Å². The minimum absolute atomic E-state index is 0.106. The Balaban J connectivity index is 2.85. The number of thiocarbonyl (C=S) groups is 1. The highest BCUT2D eigenvalue weighted by atomic mass is 32.1. The Morgan fingerprint density at radius 1 is 1.44 bits per heavy atom. The molecule has 1 fully saturated rings. The number of amides is 1. The van der Waals surface area contributed by atoms with Gasteiger partial charge in [0.25, 0.3) is 0 Å². The quantitative estimate of drug-likeness (QED) is 0.751. The Kier molecular flexibility index (Phi) is 4.30. The van der Waals surface area contributed by atoms with E-state index < -0.39 is 5.41 Å². The Labute approximate surface area is 103 Å². The van der Waals surface area contributed by atoms with Gasteiger partial charge in [-0.05, 0) is 32.1 Å². The number of hydrogen-bond donors (Lipinski definition) is 1. The highest BCUT2D eigenvalue weighted by Crippen LogP contribution is 2.33. The molecule has 1 amide bonds. The standard InChI is InChI=1S/C12H22N2OS/c1-4-12(5-2,10(13)16)11(15)14(3)9-7-6-8-9/h9H,4-8H2,1-3H3,(H2,13,16). The first-order chi connectivity index (χ1) is 7.49. The van der Waals surface area contributed by atoms with Crippen LogP contribution in [0.2, 0.25) is 0 Å². The van der Waals surface area contributed by atoms with E-state index in [9.17, 15) is 4.79 Å². The molecule has 0 heterocycles. The van der Waals surface area contributed by atoms with Crippen LogP contribution in [0, 0.1) is 5.41 Å². The van der Waals surface area contributed by atoms with E-state index in [4.69, 9.17) is 18.0 Å². The lowest BCUT2D eigenvalue weighted by molar-refractivity contribution is -0.141. The third-order valence-electron chi connectivity index (χ3n) is 4.03. The molecule has 2 N–H and O–H groups in total. The van der Waals surface area contributed by atoms with Gasteiger partial charge in [-0.3, -0.25) is 4.79 Å². The zero-order valence-electron chi connectivity index (χ0n) is 10.5.